The van der Waals surface area contributed by atoms with E-state index in [2.05, 4.69) is 17.6 Å². The van der Waals surface area contributed by atoms with Crippen molar-refractivity contribution in [2.24, 2.45) is 5.41 Å². The Morgan fingerprint density at radius 2 is 2.05 bits per heavy atom. The van der Waals surface area contributed by atoms with Crippen LogP contribution in [0.1, 0.15) is 45.9 Å². The second-order valence-electron chi connectivity index (χ2n) is 6.21. The maximum absolute atomic E-state index is 11.2. The van der Waals surface area contributed by atoms with E-state index in [-0.39, 0.29) is 0 Å². The number of para-hydroxylation sites is 2. The number of nitrogens with zero attached hydrogens (tertiary/aromatic N) is 2. The Kier molecular flexibility index (Phi) is 4.66. The van der Waals surface area contributed by atoms with Crippen LogP contribution in [0.25, 0.3) is 11.0 Å². The van der Waals surface area contributed by atoms with Gasteiger partial charge >= 0.3 is 5.97 Å². The van der Waals surface area contributed by atoms with Crippen molar-refractivity contribution in [1.29, 1.82) is 0 Å². The van der Waals surface area contributed by atoms with Gasteiger partial charge in [0.15, 0.2) is 0 Å². The molecular weight excluding hydrogens is 264 g/mol. The molecule has 0 amide bonds. The predicted molar refractivity (Wildman–Crippen MR) is 84.4 cm³/mol. The number of carboxylic acid groups (broad SMARTS) is 1. The van der Waals surface area contributed by atoms with Gasteiger partial charge in [0.2, 0.25) is 0 Å². The molecule has 0 radical (unpaired) electrons. The Labute approximate surface area is 125 Å². The summed E-state index contributed by atoms with van der Waals surface area (Å²) in [5.41, 5.74) is 1.51. The number of carboxylic acids is 1. The molecule has 0 aliphatic heterocycles. The lowest BCUT2D eigenvalue weighted by molar-refractivity contribution is -0.147. The Balaban J connectivity index is 2.17. The van der Waals surface area contributed by atoms with E-state index in [1.165, 1.54) is 0 Å². The van der Waals surface area contributed by atoms with Crippen LogP contribution in [-0.2, 0) is 17.8 Å². The number of rotatable bonds is 7. The van der Waals surface area contributed by atoms with Gasteiger partial charge in [-0.1, -0.05) is 19.1 Å². The first-order chi connectivity index (χ1) is 9.95. The topological polar surface area (TPSA) is 55.1 Å². The van der Waals surface area contributed by atoms with Crippen LogP contribution < -0.4 is 0 Å². The molecule has 21 heavy (non-hydrogen) atoms. The minimum absolute atomic E-state index is 0.665. The molecule has 1 heterocycles. The molecule has 0 atom stereocenters. The van der Waals surface area contributed by atoms with Crippen LogP contribution >= 0.6 is 0 Å². The van der Waals surface area contributed by atoms with Crippen molar-refractivity contribution in [3.05, 3.63) is 30.1 Å². The van der Waals surface area contributed by atoms with Gasteiger partial charge < -0.3 is 9.67 Å². The summed E-state index contributed by atoms with van der Waals surface area (Å²) in [6.45, 7) is 6.55. The van der Waals surface area contributed by atoms with E-state index in [1.807, 2.05) is 18.2 Å². The number of aryl methyl sites for hydroxylation is 2. The molecule has 0 aliphatic carbocycles. The summed E-state index contributed by atoms with van der Waals surface area (Å²) >= 11 is 0. The van der Waals surface area contributed by atoms with Gasteiger partial charge in [0.05, 0.1) is 16.4 Å². The first-order valence-corrected chi connectivity index (χ1v) is 7.63. The summed E-state index contributed by atoms with van der Waals surface area (Å²) in [4.78, 5) is 15.9. The summed E-state index contributed by atoms with van der Waals surface area (Å²) in [7, 11) is 0. The highest BCUT2D eigenvalue weighted by atomic mass is 16.4. The fourth-order valence-electron chi connectivity index (χ4n) is 2.58. The van der Waals surface area contributed by atoms with Gasteiger partial charge in [-0.3, -0.25) is 4.79 Å². The highest BCUT2D eigenvalue weighted by Gasteiger charge is 2.26. The van der Waals surface area contributed by atoms with Crippen LogP contribution in [0.3, 0.4) is 0 Å². The molecule has 114 valence electrons. The van der Waals surface area contributed by atoms with E-state index in [9.17, 15) is 9.90 Å². The number of aromatic nitrogens is 2. The molecule has 1 aromatic carbocycles. The number of benzene rings is 1. The third kappa shape index (κ3) is 3.43. The van der Waals surface area contributed by atoms with Crippen molar-refractivity contribution >= 4 is 17.0 Å². The normalized spacial score (nSPS) is 12.0. The molecule has 0 fully saturated rings. The van der Waals surface area contributed by atoms with Crippen molar-refractivity contribution in [2.75, 3.05) is 0 Å². The zero-order chi connectivity index (χ0) is 15.5. The lowest BCUT2D eigenvalue weighted by atomic mass is 9.88. The standard InChI is InChI=1S/C17H24N2O2/c1-4-8-15-18-13-9-5-6-10-14(13)19(15)12-7-11-17(2,3)16(20)21/h5-6,9-10H,4,7-8,11-12H2,1-3H3,(H,20,21). The van der Waals surface area contributed by atoms with E-state index in [4.69, 9.17) is 4.98 Å². The van der Waals surface area contributed by atoms with Crippen LogP contribution in [0.15, 0.2) is 24.3 Å². The average Bonchev–Trinajstić information content (AvgIpc) is 2.77. The molecule has 0 spiro atoms. The number of fused-ring (bicyclic) bond motifs is 1. The maximum atomic E-state index is 11.2. The molecule has 0 unspecified atom stereocenters. The van der Waals surface area contributed by atoms with Crippen molar-refractivity contribution in [3.63, 3.8) is 0 Å². The number of imidazole rings is 1. The monoisotopic (exact) mass is 288 g/mol. The summed E-state index contributed by atoms with van der Waals surface area (Å²) in [5, 5.41) is 9.19. The van der Waals surface area contributed by atoms with Gasteiger partial charge in [-0.15, -0.1) is 0 Å². The van der Waals surface area contributed by atoms with Crippen molar-refractivity contribution in [1.82, 2.24) is 9.55 Å². The molecule has 4 heteroatoms. The van der Waals surface area contributed by atoms with Gasteiger partial charge in [-0.25, -0.2) is 4.98 Å². The molecule has 4 nitrogen and oxygen atoms in total. The van der Waals surface area contributed by atoms with Crippen LogP contribution in [0.4, 0.5) is 0 Å². The van der Waals surface area contributed by atoms with E-state index in [0.717, 1.165) is 42.7 Å². The van der Waals surface area contributed by atoms with Crippen molar-refractivity contribution < 1.29 is 9.90 Å². The minimum Gasteiger partial charge on any atom is -0.481 e. The van der Waals surface area contributed by atoms with Gasteiger partial charge in [0, 0.05) is 13.0 Å². The fourth-order valence-corrected chi connectivity index (χ4v) is 2.58. The molecule has 2 rings (SSSR count). The first-order valence-electron chi connectivity index (χ1n) is 7.63. The summed E-state index contributed by atoms with van der Waals surface area (Å²) in [6.07, 6.45) is 3.53. The molecule has 1 aromatic heterocycles. The summed E-state index contributed by atoms with van der Waals surface area (Å²) in [6, 6.07) is 8.15. The van der Waals surface area contributed by atoms with Crippen LogP contribution in [0.2, 0.25) is 0 Å². The van der Waals surface area contributed by atoms with E-state index >= 15 is 0 Å². The van der Waals surface area contributed by atoms with Gasteiger partial charge in [0.25, 0.3) is 0 Å². The molecule has 0 bridgehead atoms. The van der Waals surface area contributed by atoms with Crippen LogP contribution in [0, 0.1) is 5.41 Å². The second-order valence-corrected chi connectivity index (χ2v) is 6.21. The highest BCUT2D eigenvalue weighted by Crippen LogP contribution is 2.24. The van der Waals surface area contributed by atoms with Crippen LogP contribution in [-0.4, -0.2) is 20.6 Å². The number of aliphatic carboxylic acids is 1. The predicted octanol–water partition coefficient (Wildman–Crippen LogP) is 3.88. The molecular formula is C17H24N2O2. The Morgan fingerprint density at radius 1 is 1.33 bits per heavy atom. The van der Waals surface area contributed by atoms with Gasteiger partial charge in [-0.05, 0) is 45.2 Å². The average molecular weight is 288 g/mol. The SMILES string of the molecule is CCCc1nc2ccccc2n1CCCC(C)(C)C(=O)O. The molecule has 0 saturated carbocycles. The van der Waals surface area contributed by atoms with Crippen molar-refractivity contribution in [3.8, 4) is 0 Å². The highest BCUT2D eigenvalue weighted by molar-refractivity contribution is 5.76. The quantitative estimate of drug-likeness (QED) is 0.841. The van der Waals surface area contributed by atoms with Gasteiger partial charge in [0.1, 0.15) is 5.82 Å². The van der Waals surface area contributed by atoms with Crippen LogP contribution in [0.5, 0.6) is 0 Å². The fraction of sp³-hybridized carbons (Fsp3) is 0.529. The number of hydrogen-bond acceptors (Lipinski definition) is 2. The minimum atomic E-state index is -0.730. The molecule has 0 saturated heterocycles. The lowest BCUT2D eigenvalue weighted by Gasteiger charge is -2.19. The van der Waals surface area contributed by atoms with E-state index in [1.54, 1.807) is 13.8 Å². The van der Waals surface area contributed by atoms with Gasteiger partial charge in [-0.2, -0.15) is 0 Å². The van der Waals surface area contributed by atoms with Crippen molar-refractivity contribution in [2.45, 2.75) is 53.0 Å². The molecule has 0 aliphatic rings. The third-order valence-electron chi connectivity index (χ3n) is 3.97. The lowest BCUT2D eigenvalue weighted by Crippen LogP contribution is -2.24. The molecule has 1 N–H and O–H groups in total. The largest absolute Gasteiger partial charge is 0.481 e. The Hall–Kier alpha value is -1.84. The summed E-state index contributed by atoms with van der Waals surface area (Å²) < 4.78 is 2.25. The maximum Gasteiger partial charge on any atom is 0.309 e. The number of carbonyl (C=O) groups is 1. The number of hydrogen-bond donors (Lipinski definition) is 1. The first kappa shape index (κ1) is 15.5. The smallest absolute Gasteiger partial charge is 0.309 e. The third-order valence-corrected chi connectivity index (χ3v) is 3.97. The Morgan fingerprint density at radius 3 is 2.71 bits per heavy atom. The van der Waals surface area contributed by atoms with E-state index < -0.39 is 11.4 Å². The second kappa shape index (κ2) is 6.29. The Bertz CT molecular complexity index is 629. The van der Waals surface area contributed by atoms with E-state index in [0.29, 0.717) is 6.42 Å². The summed E-state index contributed by atoms with van der Waals surface area (Å²) in [5.74, 6) is 0.374. The molecule has 2 aromatic rings. The zero-order valence-corrected chi connectivity index (χ0v) is 13.1. The zero-order valence-electron chi connectivity index (χ0n) is 13.1.